The molecule has 2 aromatic rings. The Kier molecular flexibility index (Phi) is 6.67. The smallest absolute Gasteiger partial charge is 0.328 e. The van der Waals surface area contributed by atoms with Crippen LogP contribution in [0.25, 0.3) is 5.69 Å². The second-order valence-electron chi connectivity index (χ2n) is 7.13. The van der Waals surface area contributed by atoms with E-state index in [0.29, 0.717) is 22.1 Å². The largest absolute Gasteiger partial charge is 0.459 e. The Morgan fingerprint density at radius 2 is 2.15 bits per heavy atom. The summed E-state index contributed by atoms with van der Waals surface area (Å²) in [6.45, 7) is 9.33. The van der Waals surface area contributed by atoms with Gasteiger partial charge in [-0.05, 0) is 57.2 Å². The number of hydrogen-bond acceptors (Lipinski definition) is 6. The van der Waals surface area contributed by atoms with E-state index >= 15 is 0 Å². The van der Waals surface area contributed by atoms with Crippen molar-refractivity contribution in [1.29, 1.82) is 5.41 Å². The minimum absolute atomic E-state index is 0.331. The highest BCUT2D eigenvalue weighted by Gasteiger charge is 2.26. The van der Waals surface area contributed by atoms with Crippen LogP contribution in [0.4, 0.5) is 5.69 Å². The molecule has 0 radical (unpaired) electrons. The predicted octanol–water partition coefficient (Wildman–Crippen LogP) is 3.62. The molecule has 4 N–H and O–H groups in total. The van der Waals surface area contributed by atoms with Gasteiger partial charge in [0.25, 0.3) is 0 Å². The Morgan fingerprint density at radius 3 is 2.70 bits per heavy atom. The zero-order chi connectivity index (χ0) is 20.2. The molecule has 0 saturated carbocycles. The number of thioether (sulfide) groups is 1. The maximum Gasteiger partial charge on any atom is 0.328 e. The molecule has 0 aliphatic rings. The highest BCUT2D eigenvalue weighted by Crippen LogP contribution is 2.27. The maximum absolute atomic E-state index is 12.5. The molecule has 0 spiro atoms. The molecule has 1 atom stereocenters. The first kappa shape index (κ1) is 21.0. The lowest BCUT2D eigenvalue weighted by molar-refractivity contribution is -0.156. The van der Waals surface area contributed by atoms with Gasteiger partial charge in [0.2, 0.25) is 0 Å². The van der Waals surface area contributed by atoms with Crippen LogP contribution in [0.3, 0.4) is 0 Å². The van der Waals surface area contributed by atoms with E-state index in [0.717, 1.165) is 11.3 Å². The zero-order valence-electron chi connectivity index (χ0n) is 16.4. The highest BCUT2D eigenvalue weighted by molar-refractivity contribution is 8.14. The standard InChI is InChI=1S/C19H27N5O2S/c1-6-27-18(21)23-13-7-8-15(24-11-12(2)10-22-24)14(9-13)16(20)17(25)26-19(3,4)5/h7-11,16H,6,20H2,1-5H3,(H2,21,23). The number of rotatable bonds is 5. The molecule has 1 aromatic heterocycles. The highest BCUT2D eigenvalue weighted by atomic mass is 32.2. The number of carbonyl (C=O) groups excluding carboxylic acids is 1. The molecule has 27 heavy (non-hydrogen) atoms. The molecular formula is C19H27N5O2S. The molecule has 1 heterocycles. The monoisotopic (exact) mass is 389 g/mol. The average molecular weight is 390 g/mol. The summed E-state index contributed by atoms with van der Waals surface area (Å²) >= 11 is 1.39. The summed E-state index contributed by atoms with van der Waals surface area (Å²) in [4.78, 5) is 12.5. The number of hydrogen-bond donors (Lipinski definition) is 3. The molecule has 0 saturated heterocycles. The summed E-state index contributed by atoms with van der Waals surface area (Å²) in [5, 5.41) is 15.6. The van der Waals surface area contributed by atoms with Gasteiger partial charge < -0.3 is 15.8 Å². The number of carbonyl (C=O) groups is 1. The van der Waals surface area contributed by atoms with E-state index < -0.39 is 17.6 Å². The van der Waals surface area contributed by atoms with Crippen molar-refractivity contribution in [3.8, 4) is 5.69 Å². The molecule has 0 bridgehead atoms. The van der Waals surface area contributed by atoms with E-state index in [9.17, 15) is 4.79 Å². The second kappa shape index (κ2) is 8.58. The number of amidine groups is 1. The molecular weight excluding hydrogens is 362 g/mol. The van der Waals surface area contributed by atoms with Crippen molar-refractivity contribution in [2.24, 2.45) is 5.73 Å². The minimum Gasteiger partial charge on any atom is -0.459 e. The predicted molar refractivity (Wildman–Crippen MR) is 111 cm³/mol. The van der Waals surface area contributed by atoms with Gasteiger partial charge in [-0.3, -0.25) is 5.41 Å². The molecule has 7 nitrogen and oxygen atoms in total. The molecule has 0 amide bonds. The Bertz CT molecular complexity index is 826. The summed E-state index contributed by atoms with van der Waals surface area (Å²) in [7, 11) is 0. The minimum atomic E-state index is -0.974. The third-order valence-corrected chi connectivity index (χ3v) is 4.21. The van der Waals surface area contributed by atoms with E-state index in [-0.39, 0.29) is 0 Å². The Balaban J connectivity index is 2.42. The van der Waals surface area contributed by atoms with Gasteiger partial charge in [0.05, 0.1) is 11.9 Å². The van der Waals surface area contributed by atoms with Gasteiger partial charge in [0, 0.05) is 17.4 Å². The lowest BCUT2D eigenvalue weighted by Crippen LogP contribution is -2.32. The van der Waals surface area contributed by atoms with Crippen molar-refractivity contribution in [1.82, 2.24) is 9.78 Å². The fraction of sp³-hybridized carbons (Fsp3) is 0.421. The van der Waals surface area contributed by atoms with Crippen LogP contribution in [-0.4, -0.2) is 32.3 Å². The number of aromatic nitrogens is 2. The van der Waals surface area contributed by atoms with Gasteiger partial charge in [-0.15, -0.1) is 0 Å². The number of nitrogens with zero attached hydrogens (tertiary/aromatic N) is 2. The average Bonchev–Trinajstić information content (AvgIpc) is 2.99. The van der Waals surface area contributed by atoms with E-state index in [1.165, 1.54) is 11.8 Å². The quantitative estimate of drug-likeness (QED) is 0.410. The maximum atomic E-state index is 12.5. The van der Waals surface area contributed by atoms with E-state index in [2.05, 4.69) is 10.4 Å². The van der Waals surface area contributed by atoms with Crippen LogP contribution in [0.5, 0.6) is 0 Å². The summed E-state index contributed by atoms with van der Waals surface area (Å²) in [5.41, 5.74) is 8.56. The number of nitrogens with one attached hydrogen (secondary N) is 2. The normalized spacial score (nSPS) is 12.5. The van der Waals surface area contributed by atoms with E-state index in [1.807, 2.05) is 32.2 Å². The lowest BCUT2D eigenvalue weighted by Gasteiger charge is -2.23. The Labute approximate surface area is 164 Å². The van der Waals surface area contributed by atoms with Crippen LogP contribution in [0.2, 0.25) is 0 Å². The zero-order valence-corrected chi connectivity index (χ0v) is 17.2. The van der Waals surface area contributed by atoms with Crippen LogP contribution in [0, 0.1) is 12.3 Å². The second-order valence-corrected chi connectivity index (χ2v) is 8.41. The van der Waals surface area contributed by atoms with E-state index in [4.69, 9.17) is 15.9 Å². The van der Waals surface area contributed by atoms with Gasteiger partial charge in [0.15, 0.2) is 5.17 Å². The van der Waals surface area contributed by atoms with Crippen LogP contribution in [0.1, 0.15) is 44.9 Å². The van der Waals surface area contributed by atoms with Crippen molar-refractivity contribution in [2.75, 3.05) is 11.1 Å². The summed E-state index contributed by atoms with van der Waals surface area (Å²) < 4.78 is 7.13. The van der Waals surface area contributed by atoms with Crippen LogP contribution in [-0.2, 0) is 9.53 Å². The van der Waals surface area contributed by atoms with Crippen molar-refractivity contribution >= 4 is 28.6 Å². The molecule has 1 unspecified atom stereocenters. The first-order valence-electron chi connectivity index (χ1n) is 8.73. The fourth-order valence-corrected chi connectivity index (χ4v) is 2.92. The third kappa shape index (κ3) is 5.83. The summed E-state index contributed by atoms with van der Waals surface area (Å²) in [6.07, 6.45) is 3.60. The first-order chi connectivity index (χ1) is 12.6. The van der Waals surface area contributed by atoms with Crippen molar-refractivity contribution in [2.45, 2.75) is 46.3 Å². The first-order valence-corrected chi connectivity index (χ1v) is 9.71. The van der Waals surface area contributed by atoms with E-state index in [1.54, 1.807) is 37.7 Å². The fourth-order valence-electron chi connectivity index (χ4n) is 2.44. The number of anilines is 1. The van der Waals surface area contributed by atoms with Crippen LogP contribution < -0.4 is 11.1 Å². The van der Waals surface area contributed by atoms with Crippen LogP contribution in [0.15, 0.2) is 30.6 Å². The topological polar surface area (TPSA) is 106 Å². The number of benzene rings is 1. The molecule has 8 heteroatoms. The van der Waals surface area contributed by atoms with Gasteiger partial charge >= 0.3 is 5.97 Å². The lowest BCUT2D eigenvalue weighted by atomic mass is 10.0. The number of nitrogens with two attached hydrogens (primary N) is 1. The number of esters is 1. The summed E-state index contributed by atoms with van der Waals surface area (Å²) in [5.74, 6) is 0.281. The summed E-state index contributed by atoms with van der Waals surface area (Å²) in [6, 6.07) is 4.46. The molecule has 2 rings (SSSR count). The molecule has 0 aliphatic carbocycles. The molecule has 0 fully saturated rings. The Morgan fingerprint density at radius 1 is 1.44 bits per heavy atom. The number of aryl methyl sites for hydroxylation is 1. The molecule has 146 valence electrons. The third-order valence-electron chi connectivity index (χ3n) is 3.53. The SMILES string of the molecule is CCSC(=N)Nc1ccc(-n2cc(C)cn2)c(C(N)C(=O)OC(C)(C)C)c1. The molecule has 0 aliphatic heterocycles. The molecule has 1 aromatic carbocycles. The van der Waals surface area contributed by atoms with Gasteiger partial charge in [-0.1, -0.05) is 18.7 Å². The van der Waals surface area contributed by atoms with Crippen molar-refractivity contribution in [3.63, 3.8) is 0 Å². The van der Waals surface area contributed by atoms with Crippen molar-refractivity contribution < 1.29 is 9.53 Å². The van der Waals surface area contributed by atoms with Crippen LogP contribution >= 0.6 is 11.8 Å². The van der Waals surface area contributed by atoms with Crippen molar-refractivity contribution in [3.05, 3.63) is 41.7 Å². The van der Waals surface area contributed by atoms with Gasteiger partial charge in [0.1, 0.15) is 11.6 Å². The van der Waals surface area contributed by atoms with Gasteiger partial charge in [-0.25, -0.2) is 9.48 Å². The number of ether oxygens (including phenoxy) is 1. The van der Waals surface area contributed by atoms with Gasteiger partial charge in [-0.2, -0.15) is 5.10 Å². The Hall–Kier alpha value is -2.32.